The van der Waals surface area contributed by atoms with Gasteiger partial charge in [0.1, 0.15) is 0 Å². The summed E-state index contributed by atoms with van der Waals surface area (Å²) in [5.41, 5.74) is 3.31. The Balaban J connectivity index is 2.46. The van der Waals surface area contributed by atoms with Crippen molar-refractivity contribution in [2.45, 2.75) is 39.5 Å². The molecule has 1 N–H and O–H groups in total. The largest absolute Gasteiger partial charge is 0.481 e. The van der Waals surface area contributed by atoms with Gasteiger partial charge in [-0.25, -0.2) is 0 Å². The maximum atomic E-state index is 10.7. The number of aliphatic carboxylic acids is 1. The minimum absolute atomic E-state index is 0.0239. The number of aryl methyl sites for hydroxylation is 3. The van der Waals surface area contributed by atoms with E-state index < -0.39 is 5.97 Å². The second-order valence-corrected chi connectivity index (χ2v) is 4.53. The van der Waals surface area contributed by atoms with Crippen molar-refractivity contribution in [1.82, 2.24) is 20.2 Å². The van der Waals surface area contributed by atoms with E-state index >= 15 is 0 Å². The predicted molar refractivity (Wildman–Crippen MR) is 73.9 cm³/mol. The van der Waals surface area contributed by atoms with Crippen LogP contribution in [-0.4, -0.2) is 31.3 Å². The normalized spacial score (nSPS) is 10.7. The zero-order valence-electron chi connectivity index (χ0n) is 11.7. The Labute approximate surface area is 117 Å². The van der Waals surface area contributed by atoms with Gasteiger partial charge in [0.25, 0.3) is 0 Å². The smallest absolute Gasteiger partial charge is 0.303 e. The monoisotopic (exact) mass is 274 g/mol. The van der Waals surface area contributed by atoms with Crippen LogP contribution in [0.25, 0.3) is 5.69 Å². The van der Waals surface area contributed by atoms with Gasteiger partial charge in [0.2, 0.25) is 0 Å². The summed E-state index contributed by atoms with van der Waals surface area (Å²) in [5, 5.41) is 20.5. The molecule has 0 spiro atoms. The van der Waals surface area contributed by atoms with Gasteiger partial charge in [-0.05, 0) is 34.4 Å². The molecule has 0 saturated heterocycles. The van der Waals surface area contributed by atoms with Gasteiger partial charge in [0.05, 0.1) is 12.1 Å². The highest BCUT2D eigenvalue weighted by Gasteiger charge is 2.15. The highest BCUT2D eigenvalue weighted by atomic mass is 16.4. The number of hydrogen-bond donors (Lipinski definition) is 1. The van der Waals surface area contributed by atoms with E-state index in [0.29, 0.717) is 12.2 Å². The third kappa shape index (κ3) is 2.84. The summed E-state index contributed by atoms with van der Waals surface area (Å²) in [7, 11) is 0. The van der Waals surface area contributed by atoms with Gasteiger partial charge >= 0.3 is 5.97 Å². The standard InChI is InChI=1S/C14H18N4O2/c1-3-10-6-5-7-11(4-2)14(10)18-12(15-16-17-18)8-9-13(19)20/h5-7H,3-4,8-9H2,1-2H3,(H,19,20). The van der Waals surface area contributed by atoms with Crippen molar-refractivity contribution in [1.29, 1.82) is 0 Å². The number of benzene rings is 1. The van der Waals surface area contributed by atoms with Gasteiger partial charge in [-0.15, -0.1) is 5.10 Å². The van der Waals surface area contributed by atoms with E-state index in [1.165, 1.54) is 0 Å². The molecular formula is C14H18N4O2. The fraction of sp³-hybridized carbons (Fsp3) is 0.429. The summed E-state index contributed by atoms with van der Waals surface area (Å²) >= 11 is 0. The van der Waals surface area contributed by atoms with Crippen LogP contribution in [0.2, 0.25) is 0 Å². The van der Waals surface area contributed by atoms with E-state index in [-0.39, 0.29) is 6.42 Å². The van der Waals surface area contributed by atoms with E-state index in [2.05, 4.69) is 41.5 Å². The first-order valence-electron chi connectivity index (χ1n) is 6.77. The Morgan fingerprint density at radius 1 is 1.25 bits per heavy atom. The molecule has 0 aliphatic carbocycles. The van der Waals surface area contributed by atoms with E-state index in [1.54, 1.807) is 4.68 Å². The minimum atomic E-state index is -0.848. The van der Waals surface area contributed by atoms with Crippen LogP contribution in [0, 0.1) is 0 Å². The van der Waals surface area contributed by atoms with Gasteiger partial charge in [-0.3, -0.25) is 4.79 Å². The summed E-state index contributed by atoms with van der Waals surface area (Å²) in [6, 6.07) is 6.14. The zero-order chi connectivity index (χ0) is 14.5. The Bertz CT molecular complexity index is 585. The lowest BCUT2D eigenvalue weighted by Crippen LogP contribution is -2.10. The van der Waals surface area contributed by atoms with E-state index in [9.17, 15) is 4.79 Å². The SMILES string of the molecule is CCc1cccc(CC)c1-n1nnnc1CCC(=O)O. The molecule has 0 fully saturated rings. The fourth-order valence-corrected chi connectivity index (χ4v) is 2.24. The number of hydrogen-bond acceptors (Lipinski definition) is 4. The predicted octanol–water partition coefficient (Wildman–Crippen LogP) is 1.80. The summed E-state index contributed by atoms with van der Waals surface area (Å²) in [6.45, 7) is 4.17. The third-order valence-electron chi connectivity index (χ3n) is 3.27. The molecule has 1 heterocycles. The molecule has 0 bridgehead atoms. The number of carbonyl (C=O) groups is 1. The average molecular weight is 274 g/mol. The van der Waals surface area contributed by atoms with Crippen LogP contribution in [0.4, 0.5) is 0 Å². The van der Waals surface area contributed by atoms with E-state index in [0.717, 1.165) is 29.7 Å². The third-order valence-corrected chi connectivity index (χ3v) is 3.27. The average Bonchev–Trinajstić information content (AvgIpc) is 2.92. The van der Waals surface area contributed by atoms with E-state index in [4.69, 9.17) is 5.11 Å². The molecule has 1 aromatic heterocycles. The lowest BCUT2D eigenvalue weighted by atomic mass is 10.0. The molecule has 0 atom stereocenters. The second kappa shape index (κ2) is 6.27. The molecule has 6 heteroatoms. The van der Waals surface area contributed by atoms with Crippen molar-refractivity contribution in [2.24, 2.45) is 0 Å². The molecule has 0 radical (unpaired) electrons. The molecule has 1 aromatic carbocycles. The number of tetrazole rings is 1. The topological polar surface area (TPSA) is 80.9 Å². The Morgan fingerprint density at radius 3 is 2.45 bits per heavy atom. The molecule has 6 nitrogen and oxygen atoms in total. The maximum Gasteiger partial charge on any atom is 0.303 e. The number of carboxylic acid groups (broad SMARTS) is 1. The Morgan fingerprint density at radius 2 is 1.90 bits per heavy atom. The fourth-order valence-electron chi connectivity index (χ4n) is 2.24. The van der Waals surface area contributed by atoms with Gasteiger partial charge in [-0.1, -0.05) is 32.0 Å². The second-order valence-electron chi connectivity index (χ2n) is 4.53. The van der Waals surface area contributed by atoms with Crippen LogP contribution in [0.5, 0.6) is 0 Å². The number of carboxylic acids is 1. The molecule has 106 valence electrons. The minimum Gasteiger partial charge on any atom is -0.481 e. The molecule has 0 aliphatic rings. The molecule has 0 saturated carbocycles. The van der Waals surface area contributed by atoms with Crippen molar-refractivity contribution in [3.63, 3.8) is 0 Å². The van der Waals surface area contributed by atoms with Gasteiger partial charge in [0.15, 0.2) is 5.82 Å². The highest BCUT2D eigenvalue weighted by molar-refractivity contribution is 5.66. The highest BCUT2D eigenvalue weighted by Crippen LogP contribution is 2.21. The quantitative estimate of drug-likeness (QED) is 0.868. The molecule has 0 aliphatic heterocycles. The Kier molecular flexibility index (Phi) is 4.45. The number of rotatable bonds is 6. The molecule has 0 amide bonds. The number of para-hydroxylation sites is 1. The van der Waals surface area contributed by atoms with Crippen LogP contribution in [0.3, 0.4) is 0 Å². The van der Waals surface area contributed by atoms with Crippen LogP contribution in [0.15, 0.2) is 18.2 Å². The lowest BCUT2D eigenvalue weighted by molar-refractivity contribution is -0.137. The lowest BCUT2D eigenvalue weighted by Gasteiger charge is -2.13. The molecule has 2 aromatic rings. The van der Waals surface area contributed by atoms with Crippen molar-refractivity contribution in [2.75, 3.05) is 0 Å². The van der Waals surface area contributed by atoms with Gasteiger partial charge in [-0.2, -0.15) is 4.68 Å². The van der Waals surface area contributed by atoms with Crippen LogP contribution in [-0.2, 0) is 24.1 Å². The van der Waals surface area contributed by atoms with Crippen molar-refractivity contribution >= 4 is 5.97 Å². The molecule has 20 heavy (non-hydrogen) atoms. The van der Waals surface area contributed by atoms with Gasteiger partial charge in [0, 0.05) is 6.42 Å². The first-order chi connectivity index (χ1) is 9.67. The zero-order valence-corrected chi connectivity index (χ0v) is 11.7. The summed E-state index contributed by atoms with van der Waals surface area (Å²) in [6.07, 6.45) is 2.10. The molecule has 0 unspecified atom stereocenters. The summed E-state index contributed by atoms with van der Waals surface area (Å²) in [5.74, 6) is -0.262. The summed E-state index contributed by atoms with van der Waals surface area (Å²) in [4.78, 5) is 10.7. The first kappa shape index (κ1) is 14.2. The molecule has 2 rings (SSSR count). The van der Waals surface area contributed by atoms with Crippen LogP contribution >= 0.6 is 0 Å². The van der Waals surface area contributed by atoms with Crippen molar-refractivity contribution < 1.29 is 9.90 Å². The van der Waals surface area contributed by atoms with E-state index in [1.807, 2.05) is 6.07 Å². The Hall–Kier alpha value is -2.24. The van der Waals surface area contributed by atoms with Crippen LogP contribution < -0.4 is 0 Å². The van der Waals surface area contributed by atoms with Crippen LogP contribution in [0.1, 0.15) is 37.2 Å². The van der Waals surface area contributed by atoms with Gasteiger partial charge < -0.3 is 5.11 Å². The first-order valence-corrected chi connectivity index (χ1v) is 6.77. The molecular weight excluding hydrogens is 256 g/mol. The van der Waals surface area contributed by atoms with Crippen molar-refractivity contribution in [3.05, 3.63) is 35.2 Å². The number of aromatic nitrogens is 4. The maximum absolute atomic E-state index is 10.7. The van der Waals surface area contributed by atoms with Crippen molar-refractivity contribution in [3.8, 4) is 5.69 Å². The number of nitrogens with zero attached hydrogens (tertiary/aromatic N) is 4. The summed E-state index contributed by atoms with van der Waals surface area (Å²) < 4.78 is 1.68.